The standard InChI is InChI=1S/C32H41NO3S2/c1-8-9-10-21-11-13-22(14-12-21)27-20(4)38-30(28(27)31(35)36-19(2)3)33-29(34)25-18-37-26-17-23(32(5,6)7)15-16-24(25)26/h11-14,18-19,23H,8-10,15-17H2,1-7H3,(H,33,34)/t23-/m1/s1. The Balaban J connectivity index is 1.65. The Morgan fingerprint density at radius 3 is 2.50 bits per heavy atom. The Hall–Kier alpha value is -2.44. The predicted molar refractivity (Wildman–Crippen MR) is 161 cm³/mol. The first-order valence-corrected chi connectivity index (χ1v) is 15.5. The van der Waals surface area contributed by atoms with Crippen LogP contribution in [0.2, 0.25) is 0 Å². The van der Waals surface area contributed by atoms with Gasteiger partial charge in [-0.25, -0.2) is 4.79 Å². The predicted octanol–water partition coefficient (Wildman–Crippen LogP) is 9.10. The molecule has 2 heterocycles. The molecular weight excluding hydrogens is 510 g/mol. The first-order chi connectivity index (χ1) is 18.0. The molecule has 1 amide bonds. The van der Waals surface area contributed by atoms with E-state index in [0.29, 0.717) is 16.5 Å². The van der Waals surface area contributed by atoms with E-state index in [4.69, 9.17) is 4.74 Å². The van der Waals surface area contributed by atoms with Gasteiger partial charge >= 0.3 is 5.97 Å². The van der Waals surface area contributed by atoms with Crippen LogP contribution in [0, 0.1) is 18.3 Å². The number of nitrogens with one attached hydrogen (secondary N) is 1. The summed E-state index contributed by atoms with van der Waals surface area (Å²) in [5.41, 5.74) is 5.74. The van der Waals surface area contributed by atoms with Crippen LogP contribution in [-0.2, 0) is 24.0 Å². The summed E-state index contributed by atoms with van der Waals surface area (Å²) < 4.78 is 5.65. The van der Waals surface area contributed by atoms with Crippen LogP contribution in [0.15, 0.2) is 29.6 Å². The van der Waals surface area contributed by atoms with Crippen LogP contribution in [0.3, 0.4) is 0 Å². The molecule has 0 radical (unpaired) electrons. The lowest BCUT2D eigenvalue weighted by molar-refractivity contribution is 0.0380. The molecule has 1 aromatic carbocycles. The summed E-state index contributed by atoms with van der Waals surface area (Å²) in [6.07, 6.45) is 6.15. The van der Waals surface area contributed by atoms with E-state index in [0.717, 1.165) is 60.1 Å². The molecule has 3 aromatic rings. The zero-order valence-electron chi connectivity index (χ0n) is 23.8. The number of rotatable bonds is 8. The van der Waals surface area contributed by atoms with Crippen molar-refractivity contribution in [3.63, 3.8) is 0 Å². The zero-order valence-corrected chi connectivity index (χ0v) is 25.5. The van der Waals surface area contributed by atoms with Gasteiger partial charge < -0.3 is 10.1 Å². The minimum absolute atomic E-state index is 0.141. The van der Waals surface area contributed by atoms with E-state index in [2.05, 4.69) is 57.3 Å². The van der Waals surface area contributed by atoms with Crippen molar-refractivity contribution < 1.29 is 14.3 Å². The second-order valence-electron chi connectivity index (χ2n) is 11.8. The van der Waals surface area contributed by atoms with Crippen molar-refractivity contribution in [2.45, 2.75) is 93.1 Å². The number of carbonyl (C=O) groups excluding carboxylic acids is 2. The highest BCUT2D eigenvalue weighted by molar-refractivity contribution is 7.17. The molecule has 0 saturated carbocycles. The maximum absolute atomic E-state index is 13.6. The van der Waals surface area contributed by atoms with E-state index < -0.39 is 5.97 Å². The van der Waals surface area contributed by atoms with Crippen LogP contribution in [-0.4, -0.2) is 18.0 Å². The van der Waals surface area contributed by atoms with Crippen molar-refractivity contribution in [3.8, 4) is 11.1 Å². The number of hydrogen-bond acceptors (Lipinski definition) is 5. The maximum atomic E-state index is 13.6. The monoisotopic (exact) mass is 551 g/mol. The molecule has 0 spiro atoms. The van der Waals surface area contributed by atoms with Crippen molar-refractivity contribution in [2.75, 3.05) is 5.32 Å². The first kappa shape index (κ1) is 28.6. The fourth-order valence-electron chi connectivity index (χ4n) is 5.28. The number of aryl methyl sites for hydroxylation is 2. The molecule has 1 atom stereocenters. The second kappa shape index (κ2) is 11.7. The molecule has 0 saturated heterocycles. The Bertz CT molecular complexity index is 1290. The summed E-state index contributed by atoms with van der Waals surface area (Å²) in [6, 6.07) is 8.44. The lowest BCUT2D eigenvalue weighted by atomic mass is 9.72. The van der Waals surface area contributed by atoms with E-state index >= 15 is 0 Å². The second-order valence-corrected chi connectivity index (χ2v) is 14.0. The third-order valence-corrected chi connectivity index (χ3v) is 9.62. The topological polar surface area (TPSA) is 55.4 Å². The number of carbonyl (C=O) groups is 2. The quantitative estimate of drug-likeness (QED) is 0.284. The summed E-state index contributed by atoms with van der Waals surface area (Å²) in [5, 5.41) is 5.67. The van der Waals surface area contributed by atoms with Gasteiger partial charge in [-0.3, -0.25) is 4.79 Å². The molecule has 0 fully saturated rings. The van der Waals surface area contributed by atoms with E-state index in [9.17, 15) is 9.59 Å². The third kappa shape index (κ3) is 6.23. The average Bonchev–Trinajstić information content (AvgIpc) is 3.42. The summed E-state index contributed by atoms with van der Waals surface area (Å²) >= 11 is 3.14. The number of unbranched alkanes of at least 4 members (excludes halogenated alkanes) is 1. The van der Waals surface area contributed by atoms with Gasteiger partial charge in [-0.05, 0) is 80.9 Å². The van der Waals surface area contributed by atoms with Crippen molar-refractivity contribution in [3.05, 3.63) is 61.7 Å². The van der Waals surface area contributed by atoms with Gasteiger partial charge in [0.1, 0.15) is 10.6 Å². The SMILES string of the molecule is CCCCc1ccc(-c2c(C)sc(NC(=O)c3csc4c3CC[C@@H](C(C)(C)C)C4)c2C(=O)OC(C)C)cc1. The molecule has 0 bridgehead atoms. The molecular formula is C32H41NO3S2. The number of thiophene rings is 2. The molecule has 38 heavy (non-hydrogen) atoms. The van der Waals surface area contributed by atoms with E-state index in [-0.39, 0.29) is 17.4 Å². The molecule has 6 heteroatoms. The van der Waals surface area contributed by atoms with Gasteiger partial charge in [0.2, 0.25) is 0 Å². The summed E-state index contributed by atoms with van der Waals surface area (Å²) in [6.45, 7) is 14.8. The Labute approximate surface area is 235 Å². The Morgan fingerprint density at radius 2 is 1.87 bits per heavy atom. The number of fused-ring (bicyclic) bond motifs is 1. The van der Waals surface area contributed by atoms with Crippen LogP contribution in [0.25, 0.3) is 11.1 Å². The first-order valence-electron chi connectivity index (χ1n) is 13.8. The molecule has 0 unspecified atom stereocenters. The molecule has 204 valence electrons. The fourth-order valence-corrected chi connectivity index (χ4v) is 7.50. The van der Waals surface area contributed by atoms with Gasteiger partial charge in [0.25, 0.3) is 5.91 Å². The molecule has 0 aliphatic heterocycles. The summed E-state index contributed by atoms with van der Waals surface area (Å²) in [7, 11) is 0. The van der Waals surface area contributed by atoms with E-state index in [1.54, 1.807) is 11.3 Å². The van der Waals surface area contributed by atoms with Gasteiger partial charge in [-0.2, -0.15) is 0 Å². The Kier molecular flexibility index (Phi) is 8.83. The molecule has 2 aromatic heterocycles. The third-order valence-electron chi connectivity index (χ3n) is 7.54. The highest BCUT2D eigenvalue weighted by Gasteiger charge is 2.32. The van der Waals surface area contributed by atoms with E-state index in [1.165, 1.54) is 27.3 Å². The molecule has 4 nitrogen and oxygen atoms in total. The Morgan fingerprint density at radius 1 is 1.16 bits per heavy atom. The molecule has 1 aliphatic rings. The van der Waals surface area contributed by atoms with Gasteiger partial charge in [0.15, 0.2) is 0 Å². The number of ether oxygens (including phenoxy) is 1. The van der Waals surface area contributed by atoms with Crippen LogP contribution in [0.5, 0.6) is 0 Å². The average molecular weight is 552 g/mol. The lowest BCUT2D eigenvalue weighted by Gasteiger charge is -2.34. The summed E-state index contributed by atoms with van der Waals surface area (Å²) in [5.74, 6) is 0.0842. The normalized spacial score (nSPS) is 15.4. The zero-order chi connectivity index (χ0) is 27.6. The number of anilines is 1. The van der Waals surface area contributed by atoms with Gasteiger partial charge in [0.05, 0.1) is 11.7 Å². The maximum Gasteiger partial charge on any atom is 0.342 e. The van der Waals surface area contributed by atoms with Gasteiger partial charge in [0, 0.05) is 20.7 Å². The van der Waals surface area contributed by atoms with Crippen LogP contribution in [0.1, 0.15) is 102 Å². The van der Waals surface area contributed by atoms with E-state index in [1.807, 2.05) is 26.2 Å². The number of benzene rings is 1. The van der Waals surface area contributed by atoms with Gasteiger partial charge in [-0.15, -0.1) is 22.7 Å². The van der Waals surface area contributed by atoms with Crippen LogP contribution >= 0.6 is 22.7 Å². The molecule has 1 N–H and O–H groups in total. The number of hydrogen-bond donors (Lipinski definition) is 1. The highest BCUT2D eigenvalue weighted by atomic mass is 32.1. The molecule has 1 aliphatic carbocycles. The molecule has 4 rings (SSSR count). The van der Waals surface area contributed by atoms with Crippen molar-refractivity contribution in [1.82, 2.24) is 0 Å². The van der Waals surface area contributed by atoms with Crippen LogP contribution in [0.4, 0.5) is 5.00 Å². The smallest absolute Gasteiger partial charge is 0.342 e. The minimum atomic E-state index is -0.398. The fraction of sp³-hybridized carbons (Fsp3) is 0.500. The summed E-state index contributed by atoms with van der Waals surface area (Å²) in [4.78, 5) is 29.2. The van der Waals surface area contributed by atoms with Crippen molar-refractivity contribution >= 4 is 39.6 Å². The number of amides is 1. The lowest BCUT2D eigenvalue weighted by Crippen LogP contribution is -2.27. The van der Waals surface area contributed by atoms with Crippen molar-refractivity contribution in [1.29, 1.82) is 0 Å². The van der Waals surface area contributed by atoms with Crippen molar-refractivity contribution in [2.24, 2.45) is 11.3 Å². The highest BCUT2D eigenvalue weighted by Crippen LogP contribution is 2.43. The van der Waals surface area contributed by atoms with Crippen LogP contribution < -0.4 is 5.32 Å². The van der Waals surface area contributed by atoms with Gasteiger partial charge in [-0.1, -0.05) is 58.4 Å². The number of esters is 1. The minimum Gasteiger partial charge on any atom is -0.459 e. The largest absolute Gasteiger partial charge is 0.459 e.